The predicted octanol–water partition coefficient (Wildman–Crippen LogP) is 2.78. The third kappa shape index (κ3) is 1.46. The molecule has 1 heterocycles. The van der Waals surface area contributed by atoms with E-state index in [4.69, 9.17) is 0 Å². The largest absolute Gasteiger partial charge is 0.268 e. The maximum Gasteiger partial charge on any atom is 0.266 e. The molecule has 4 heteroatoms. The first-order valence-electron chi connectivity index (χ1n) is 5.46. The Labute approximate surface area is 109 Å². The van der Waals surface area contributed by atoms with E-state index in [9.17, 15) is 9.59 Å². The van der Waals surface area contributed by atoms with Crippen molar-refractivity contribution in [2.24, 2.45) is 0 Å². The summed E-state index contributed by atoms with van der Waals surface area (Å²) in [6.07, 6.45) is 0. The summed E-state index contributed by atoms with van der Waals surface area (Å²) in [5.74, 6) is -0.589. The van der Waals surface area contributed by atoms with E-state index in [1.165, 1.54) is 4.90 Å². The maximum absolute atomic E-state index is 12.2. The van der Waals surface area contributed by atoms with Gasteiger partial charge in [0.25, 0.3) is 11.8 Å². The minimum absolute atomic E-state index is 0.294. The van der Waals surface area contributed by atoms with Gasteiger partial charge in [-0.25, -0.2) is 4.90 Å². The van der Waals surface area contributed by atoms with Gasteiger partial charge >= 0.3 is 0 Å². The van der Waals surface area contributed by atoms with Crippen molar-refractivity contribution >= 4 is 30.1 Å². The van der Waals surface area contributed by atoms with E-state index in [1.54, 1.807) is 42.5 Å². The lowest BCUT2D eigenvalue weighted by molar-refractivity contribution is 0.0925. The number of thiol groups is 1. The van der Waals surface area contributed by atoms with Gasteiger partial charge < -0.3 is 0 Å². The summed E-state index contributed by atoms with van der Waals surface area (Å²) in [4.78, 5) is 26.2. The minimum Gasteiger partial charge on any atom is -0.268 e. The van der Waals surface area contributed by atoms with Crippen LogP contribution in [0.25, 0.3) is 0 Å². The van der Waals surface area contributed by atoms with Gasteiger partial charge in [-0.3, -0.25) is 9.59 Å². The standard InChI is InChI=1S/C14H9NO2S/c16-13-9-5-1-2-6-10(9)14(17)15(13)11-7-3-4-8-12(11)18/h1-8,18H. The fraction of sp³-hybridized carbons (Fsp3) is 0. The van der Waals surface area contributed by atoms with Crippen LogP contribution in [0.1, 0.15) is 20.7 Å². The number of amides is 2. The maximum atomic E-state index is 12.2. The molecule has 0 N–H and O–H groups in total. The molecule has 0 spiro atoms. The number of anilines is 1. The van der Waals surface area contributed by atoms with Crippen LogP contribution >= 0.6 is 12.6 Å². The van der Waals surface area contributed by atoms with Gasteiger partial charge in [-0.05, 0) is 24.3 Å². The third-order valence-corrected chi connectivity index (χ3v) is 3.29. The number of hydrogen-bond acceptors (Lipinski definition) is 3. The number of nitrogens with zero attached hydrogens (tertiary/aromatic N) is 1. The van der Waals surface area contributed by atoms with Crippen molar-refractivity contribution in [3.05, 3.63) is 59.7 Å². The second-order valence-electron chi connectivity index (χ2n) is 3.98. The summed E-state index contributed by atoms with van der Waals surface area (Å²) in [6.45, 7) is 0. The van der Waals surface area contributed by atoms with E-state index in [0.29, 0.717) is 21.7 Å². The summed E-state index contributed by atoms with van der Waals surface area (Å²) >= 11 is 4.29. The third-order valence-electron chi connectivity index (χ3n) is 2.92. The number of carbonyl (C=O) groups is 2. The quantitative estimate of drug-likeness (QED) is 0.628. The van der Waals surface area contributed by atoms with Crippen LogP contribution in [0.15, 0.2) is 53.4 Å². The Morgan fingerprint density at radius 1 is 0.778 bits per heavy atom. The van der Waals surface area contributed by atoms with Crippen LogP contribution in [0.5, 0.6) is 0 Å². The topological polar surface area (TPSA) is 37.4 Å². The van der Waals surface area contributed by atoms with E-state index in [-0.39, 0.29) is 11.8 Å². The van der Waals surface area contributed by atoms with Crippen LogP contribution in [0.2, 0.25) is 0 Å². The number of rotatable bonds is 1. The number of para-hydroxylation sites is 1. The fourth-order valence-corrected chi connectivity index (χ4v) is 2.32. The molecule has 2 aromatic rings. The molecule has 0 aromatic heterocycles. The summed E-state index contributed by atoms with van der Waals surface area (Å²) < 4.78 is 0. The number of benzene rings is 2. The molecule has 1 aliphatic heterocycles. The zero-order valence-corrected chi connectivity index (χ0v) is 10.2. The molecule has 3 rings (SSSR count). The number of hydrogen-bond donors (Lipinski definition) is 1. The van der Waals surface area contributed by atoms with Gasteiger partial charge in [0.05, 0.1) is 16.8 Å². The molecule has 2 amide bonds. The van der Waals surface area contributed by atoms with Gasteiger partial charge in [0.2, 0.25) is 0 Å². The molecule has 1 aliphatic rings. The van der Waals surface area contributed by atoms with Crippen LogP contribution < -0.4 is 4.90 Å². The van der Waals surface area contributed by atoms with E-state index in [0.717, 1.165) is 0 Å². The molecule has 2 aromatic carbocycles. The summed E-state index contributed by atoms with van der Waals surface area (Å²) in [6, 6.07) is 13.9. The smallest absolute Gasteiger partial charge is 0.266 e. The number of carbonyl (C=O) groups excluding carboxylic acids is 2. The highest BCUT2D eigenvalue weighted by atomic mass is 32.1. The molecule has 0 unspecified atom stereocenters. The Bertz CT molecular complexity index is 631. The molecule has 0 saturated heterocycles. The Balaban J connectivity index is 2.16. The normalized spacial score (nSPS) is 13.9. The minimum atomic E-state index is -0.294. The molecule has 0 radical (unpaired) electrons. The Morgan fingerprint density at radius 2 is 1.28 bits per heavy atom. The second-order valence-corrected chi connectivity index (χ2v) is 4.46. The van der Waals surface area contributed by atoms with Crippen molar-refractivity contribution in [3.8, 4) is 0 Å². The SMILES string of the molecule is O=C1c2ccccc2C(=O)N1c1ccccc1S. The average Bonchev–Trinajstić information content (AvgIpc) is 2.64. The van der Waals surface area contributed by atoms with E-state index >= 15 is 0 Å². The zero-order valence-electron chi connectivity index (χ0n) is 9.33. The van der Waals surface area contributed by atoms with Gasteiger partial charge in [-0.15, -0.1) is 12.6 Å². The van der Waals surface area contributed by atoms with Gasteiger partial charge in [0, 0.05) is 4.90 Å². The average molecular weight is 255 g/mol. The first kappa shape index (κ1) is 11.0. The molecule has 3 nitrogen and oxygen atoms in total. The van der Waals surface area contributed by atoms with Gasteiger partial charge in [0.1, 0.15) is 0 Å². The molecule has 0 aliphatic carbocycles. The Kier molecular flexibility index (Phi) is 2.45. The molecule has 0 fully saturated rings. The lowest BCUT2D eigenvalue weighted by atomic mass is 10.1. The van der Waals surface area contributed by atoms with E-state index in [2.05, 4.69) is 12.6 Å². The molecule has 88 valence electrons. The highest BCUT2D eigenvalue weighted by molar-refractivity contribution is 7.80. The monoisotopic (exact) mass is 255 g/mol. The van der Waals surface area contributed by atoms with Crippen LogP contribution in [-0.2, 0) is 0 Å². The number of fused-ring (bicyclic) bond motifs is 1. The Morgan fingerprint density at radius 3 is 1.83 bits per heavy atom. The fourth-order valence-electron chi connectivity index (χ4n) is 2.06. The molecule has 18 heavy (non-hydrogen) atoms. The van der Waals surface area contributed by atoms with Gasteiger partial charge in [-0.2, -0.15) is 0 Å². The first-order chi connectivity index (χ1) is 8.70. The highest BCUT2D eigenvalue weighted by Crippen LogP contribution is 2.31. The van der Waals surface area contributed by atoms with E-state index < -0.39 is 0 Å². The zero-order chi connectivity index (χ0) is 12.7. The molecule has 0 atom stereocenters. The van der Waals surface area contributed by atoms with Crippen LogP contribution in [-0.4, -0.2) is 11.8 Å². The molecular weight excluding hydrogens is 246 g/mol. The van der Waals surface area contributed by atoms with Crippen molar-refractivity contribution in [2.45, 2.75) is 4.90 Å². The lowest BCUT2D eigenvalue weighted by Gasteiger charge is -2.15. The molecular formula is C14H9NO2S. The highest BCUT2D eigenvalue weighted by Gasteiger charge is 2.36. The second kappa shape index (κ2) is 3.99. The van der Waals surface area contributed by atoms with Crippen LogP contribution in [0, 0.1) is 0 Å². The van der Waals surface area contributed by atoms with E-state index in [1.807, 2.05) is 6.07 Å². The van der Waals surface area contributed by atoms with Crippen molar-refractivity contribution in [1.29, 1.82) is 0 Å². The van der Waals surface area contributed by atoms with Crippen molar-refractivity contribution in [1.82, 2.24) is 0 Å². The first-order valence-corrected chi connectivity index (χ1v) is 5.90. The van der Waals surface area contributed by atoms with Crippen LogP contribution in [0.3, 0.4) is 0 Å². The van der Waals surface area contributed by atoms with Gasteiger partial charge in [0.15, 0.2) is 0 Å². The van der Waals surface area contributed by atoms with Crippen molar-refractivity contribution in [2.75, 3.05) is 4.90 Å². The van der Waals surface area contributed by atoms with Crippen molar-refractivity contribution < 1.29 is 9.59 Å². The summed E-state index contributed by atoms with van der Waals surface area (Å²) in [7, 11) is 0. The van der Waals surface area contributed by atoms with Gasteiger partial charge in [-0.1, -0.05) is 24.3 Å². The van der Waals surface area contributed by atoms with Crippen molar-refractivity contribution in [3.63, 3.8) is 0 Å². The number of imide groups is 1. The van der Waals surface area contributed by atoms with Crippen LogP contribution in [0.4, 0.5) is 5.69 Å². The summed E-state index contributed by atoms with van der Waals surface area (Å²) in [5.41, 5.74) is 1.41. The molecule has 0 bridgehead atoms. The lowest BCUT2D eigenvalue weighted by Crippen LogP contribution is -2.29. The Hall–Kier alpha value is -2.07. The summed E-state index contributed by atoms with van der Waals surface area (Å²) in [5, 5.41) is 0. The predicted molar refractivity (Wildman–Crippen MR) is 71.3 cm³/mol. The molecule has 0 saturated carbocycles.